The summed E-state index contributed by atoms with van der Waals surface area (Å²) in [7, 11) is 0. The summed E-state index contributed by atoms with van der Waals surface area (Å²) in [6.45, 7) is 5.98. The van der Waals surface area contributed by atoms with Crippen LogP contribution in [0.5, 0.6) is 5.75 Å². The van der Waals surface area contributed by atoms with Gasteiger partial charge in [0.2, 0.25) is 5.91 Å². The van der Waals surface area contributed by atoms with Gasteiger partial charge in [0, 0.05) is 6.54 Å². The molecule has 5 heteroatoms. The van der Waals surface area contributed by atoms with Crippen LogP contribution in [0.15, 0.2) is 24.3 Å². The van der Waals surface area contributed by atoms with E-state index in [4.69, 9.17) is 10.5 Å². The third-order valence-corrected chi connectivity index (χ3v) is 2.96. The van der Waals surface area contributed by atoms with Crippen LogP contribution in [0.4, 0.5) is 0 Å². The molecular weight excluding hydrogens is 256 g/mol. The SMILES string of the molecule is Cc1cccc(OCC(O)CNC(=O)[C@@H](N)C(C)C)c1. The molecule has 0 aliphatic rings. The molecule has 1 rings (SSSR count). The van der Waals surface area contributed by atoms with E-state index >= 15 is 0 Å². The van der Waals surface area contributed by atoms with E-state index in [0.29, 0.717) is 5.75 Å². The van der Waals surface area contributed by atoms with Crippen LogP contribution in [0.2, 0.25) is 0 Å². The van der Waals surface area contributed by atoms with Gasteiger partial charge in [-0.1, -0.05) is 26.0 Å². The molecule has 2 atom stereocenters. The Balaban J connectivity index is 2.30. The molecule has 0 radical (unpaired) electrons. The molecule has 112 valence electrons. The summed E-state index contributed by atoms with van der Waals surface area (Å²) >= 11 is 0. The number of ether oxygens (including phenoxy) is 1. The standard InChI is InChI=1S/C15H24N2O3/c1-10(2)14(16)15(19)17-8-12(18)9-20-13-6-4-5-11(3)7-13/h4-7,10,12,14,18H,8-9,16H2,1-3H3,(H,17,19)/t12?,14-/m0/s1. The van der Waals surface area contributed by atoms with Gasteiger partial charge in [-0.15, -0.1) is 0 Å². The van der Waals surface area contributed by atoms with Gasteiger partial charge in [0.05, 0.1) is 6.04 Å². The van der Waals surface area contributed by atoms with Gasteiger partial charge in [-0.2, -0.15) is 0 Å². The Morgan fingerprint density at radius 1 is 1.45 bits per heavy atom. The normalized spacial score (nSPS) is 13.9. The number of benzene rings is 1. The number of hydrogen-bond donors (Lipinski definition) is 3. The van der Waals surface area contributed by atoms with E-state index < -0.39 is 12.1 Å². The number of nitrogens with two attached hydrogens (primary N) is 1. The predicted octanol–water partition coefficient (Wildman–Crippen LogP) is 0.834. The highest BCUT2D eigenvalue weighted by Gasteiger charge is 2.17. The van der Waals surface area contributed by atoms with Crippen LogP contribution in [-0.4, -0.2) is 36.3 Å². The summed E-state index contributed by atoms with van der Waals surface area (Å²) in [5, 5.41) is 12.4. The molecule has 0 aromatic heterocycles. The van der Waals surface area contributed by atoms with E-state index in [1.807, 2.05) is 45.0 Å². The van der Waals surface area contributed by atoms with Gasteiger partial charge in [0.1, 0.15) is 18.5 Å². The zero-order chi connectivity index (χ0) is 15.1. The lowest BCUT2D eigenvalue weighted by Crippen LogP contribution is -2.46. The van der Waals surface area contributed by atoms with Crippen LogP contribution in [0.1, 0.15) is 19.4 Å². The smallest absolute Gasteiger partial charge is 0.237 e. The number of carbonyl (C=O) groups excluding carboxylic acids is 1. The van der Waals surface area contributed by atoms with Crippen molar-refractivity contribution in [2.75, 3.05) is 13.2 Å². The number of rotatable bonds is 7. The molecular formula is C15H24N2O3. The average molecular weight is 280 g/mol. The molecule has 0 saturated heterocycles. The average Bonchev–Trinajstić information content (AvgIpc) is 2.41. The second kappa shape index (κ2) is 7.87. The Labute approximate surface area is 120 Å². The maximum atomic E-state index is 11.6. The minimum Gasteiger partial charge on any atom is -0.491 e. The molecule has 1 aromatic carbocycles. The molecule has 0 spiro atoms. The van der Waals surface area contributed by atoms with Crippen molar-refractivity contribution in [3.8, 4) is 5.75 Å². The highest BCUT2D eigenvalue weighted by atomic mass is 16.5. The summed E-state index contributed by atoms with van der Waals surface area (Å²) in [4.78, 5) is 11.6. The minimum atomic E-state index is -0.765. The lowest BCUT2D eigenvalue weighted by Gasteiger charge is -2.17. The summed E-state index contributed by atoms with van der Waals surface area (Å²) in [5.41, 5.74) is 6.79. The van der Waals surface area contributed by atoms with E-state index in [9.17, 15) is 9.90 Å². The lowest BCUT2D eigenvalue weighted by atomic mass is 10.1. The Bertz CT molecular complexity index is 435. The van der Waals surface area contributed by atoms with Gasteiger partial charge < -0.3 is 20.9 Å². The number of aliphatic hydroxyl groups excluding tert-OH is 1. The van der Waals surface area contributed by atoms with E-state index in [0.717, 1.165) is 5.56 Å². The molecule has 0 aliphatic heterocycles. The van der Waals surface area contributed by atoms with Crippen LogP contribution in [0.3, 0.4) is 0 Å². The van der Waals surface area contributed by atoms with Crippen molar-refractivity contribution in [2.45, 2.75) is 32.9 Å². The molecule has 0 saturated carbocycles. The number of amides is 1. The van der Waals surface area contributed by atoms with Crippen molar-refractivity contribution < 1.29 is 14.6 Å². The third-order valence-electron chi connectivity index (χ3n) is 2.96. The number of aliphatic hydroxyl groups is 1. The minimum absolute atomic E-state index is 0.0655. The Hall–Kier alpha value is -1.59. The van der Waals surface area contributed by atoms with Gasteiger partial charge in [0.15, 0.2) is 0 Å². The van der Waals surface area contributed by atoms with Crippen LogP contribution >= 0.6 is 0 Å². The van der Waals surface area contributed by atoms with Crippen LogP contribution in [-0.2, 0) is 4.79 Å². The van der Waals surface area contributed by atoms with Crippen molar-refractivity contribution in [3.05, 3.63) is 29.8 Å². The molecule has 0 heterocycles. The lowest BCUT2D eigenvalue weighted by molar-refractivity contribution is -0.123. The molecule has 1 unspecified atom stereocenters. The van der Waals surface area contributed by atoms with Crippen LogP contribution in [0, 0.1) is 12.8 Å². The Morgan fingerprint density at radius 2 is 2.15 bits per heavy atom. The van der Waals surface area contributed by atoms with Crippen molar-refractivity contribution >= 4 is 5.91 Å². The summed E-state index contributed by atoms with van der Waals surface area (Å²) < 4.78 is 5.46. The zero-order valence-corrected chi connectivity index (χ0v) is 12.3. The van der Waals surface area contributed by atoms with E-state index in [-0.39, 0.29) is 25.0 Å². The fourth-order valence-electron chi connectivity index (χ4n) is 1.60. The van der Waals surface area contributed by atoms with Crippen molar-refractivity contribution in [1.82, 2.24) is 5.32 Å². The number of hydrogen-bond acceptors (Lipinski definition) is 4. The van der Waals surface area contributed by atoms with Gasteiger partial charge in [-0.25, -0.2) is 0 Å². The first-order valence-electron chi connectivity index (χ1n) is 6.81. The molecule has 0 aliphatic carbocycles. The van der Waals surface area contributed by atoms with E-state index in [1.54, 1.807) is 0 Å². The first-order valence-corrected chi connectivity index (χ1v) is 6.81. The Kier molecular flexibility index (Phi) is 6.48. The largest absolute Gasteiger partial charge is 0.491 e. The second-order valence-electron chi connectivity index (χ2n) is 5.30. The van der Waals surface area contributed by atoms with Gasteiger partial charge in [-0.05, 0) is 30.5 Å². The molecule has 20 heavy (non-hydrogen) atoms. The van der Waals surface area contributed by atoms with Crippen molar-refractivity contribution in [1.29, 1.82) is 0 Å². The molecule has 5 nitrogen and oxygen atoms in total. The Morgan fingerprint density at radius 3 is 2.75 bits per heavy atom. The first kappa shape index (κ1) is 16.5. The van der Waals surface area contributed by atoms with E-state index in [1.165, 1.54) is 0 Å². The summed E-state index contributed by atoms with van der Waals surface area (Å²) in [5.74, 6) is 0.513. The van der Waals surface area contributed by atoms with Gasteiger partial charge in [0.25, 0.3) is 0 Å². The maximum absolute atomic E-state index is 11.6. The summed E-state index contributed by atoms with van der Waals surface area (Å²) in [6.07, 6.45) is -0.765. The van der Waals surface area contributed by atoms with Crippen LogP contribution in [0.25, 0.3) is 0 Å². The number of aryl methyl sites for hydroxylation is 1. The second-order valence-corrected chi connectivity index (χ2v) is 5.30. The predicted molar refractivity (Wildman–Crippen MR) is 78.5 cm³/mol. The molecule has 0 bridgehead atoms. The van der Waals surface area contributed by atoms with E-state index in [2.05, 4.69) is 5.32 Å². The molecule has 0 fully saturated rings. The highest BCUT2D eigenvalue weighted by molar-refractivity contribution is 5.81. The van der Waals surface area contributed by atoms with Gasteiger partial charge >= 0.3 is 0 Å². The molecule has 1 amide bonds. The zero-order valence-electron chi connectivity index (χ0n) is 12.3. The molecule has 1 aromatic rings. The highest BCUT2D eigenvalue weighted by Crippen LogP contribution is 2.12. The monoisotopic (exact) mass is 280 g/mol. The maximum Gasteiger partial charge on any atom is 0.237 e. The number of nitrogens with one attached hydrogen (secondary N) is 1. The van der Waals surface area contributed by atoms with Crippen molar-refractivity contribution in [2.24, 2.45) is 11.7 Å². The fourth-order valence-corrected chi connectivity index (χ4v) is 1.60. The quantitative estimate of drug-likeness (QED) is 0.691. The summed E-state index contributed by atoms with van der Waals surface area (Å²) in [6, 6.07) is 7.02. The molecule has 4 N–H and O–H groups in total. The van der Waals surface area contributed by atoms with Gasteiger partial charge in [-0.3, -0.25) is 4.79 Å². The van der Waals surface area contributed by atoms with Crippen molar-refractivity contribution in [3.63, 3.8) is 0 Å². The third kappa shape index (κ3) is 5.59. The topological polar surface area (TPSA) is 84.6 Å². The first-order chi connectivity index (χ1) is 9.40. The number of carbonyl (C=O) groups is 1. The fraction of sp³-hybridized carbons (Fsp3) is 0.533. The van der Waals surface area contributed by atoms with Crippen LogP contribution < -0.4 is 15.8 Å².